The van der Waals surface area contributed by atoms with Crippen LogP contribution in [0.15, 0.2) is 103 Å². The van der Waals surface area contributed by atoms with E-state index in [1.807, 2.05) is 60.7 Å². The van der Waals surface area contributed by atoms with Gasteiger partial charge in [-0.1, -0.05) is 99.6 Å². The van der Waals surface area contributed by atoms with Gasteiger partial charge >= 0.3 is 5.92 Å². The zero-order valence-corrected chi connectivity index (χ0v) is 28.9. The van der Waals surface area contributed by atoms with Gasteiger partial charge in [0.05, 0.1) is 11.8 Å². The molecule has 0 saturated heterocycles. The average molecular weight is 661 g/mol. The van der Waals surface area contributed by atoms with Crippen molar-refractivity contribution in [1.29, 1.82) is 0 Å². The molecule has 1 atom stereocenters. The summed E-state index contributed by atoms with van der Waals surface area (Å²) in [5.41, 5.74) is 3.43. The Morgan fingerprint density at radius 3 is 2.19 bits per heavy atom. The van der Waals surface area contributed by atoms with Gasteiger partial charge in [-0.25, -0.2) is 0 Å². The summed E-state index contributed by atoms with van der Waals surface area (Å²) in [6.07, 6.45) is 1.04. The number of amides is 1. The molecule has 0 aliphatic heterocycles. The summed E-state index contributed by atoms with van der Waals surface area (Å²) >= 11 is 0. The van der Waals surface area contributed by atoms with Crippen molar-refractivity contribution in [1.82, 2.24) is 5.32 Å². The van der Waals surface area contributed by atoms with E-state index in [0.29, 0.717) is 49.7 Å². The molecule has 0 radical (unpaired) electrons. The first-order valence-corrected chi connectivity index (χ1v) is 18.8. The molecule has 0 fully saturated rings. The number of benzene rings is 4. The molecule has 4 aromatic rings. The standard InChI is InChI=1S/C38H46F2N2O4Si/c1-37(2,3)47(4,5)46-36(31-19-20-35(34(24-31)42-28-43)44-26-30-13-8-6-9-14-30)25-41-22-21-29-15-12-18-33(23-29)45-27-38(39,40)32-16-10-7-11-17-32/h6-20,23-24,28,36,41H,21-22,25-27H2,1-5H3,(H,42,43)/t36-/m1/s1. The summed E-state index contributed by atoms with van der Waals surface area (Å²) in [7, 11) is -2.18. The maximum absolute atomic E-state index is 14.6. The number of halogens is 2. The van der Waals surface area contributed by atoms with Crippen LogP contribution in [-0.4, -0.2) is 34.4 Å². The lowest BCUT2D eigenvalue weighted by Crippen LogP contribution is -2.43. The van der Waals surface area contributed by atoms with Gasteiger partial charge in [-0.3, -0.25) is 4.79 Å². The fraction of sp³-hybridized carbons (Fsp3) is 0.342. The largest absolute Gasteiger partial charge is 0.487 e. The molecule has 2 N–H and O–H groups in total. The molecule has 0 heterocycles. The molecule has 250 valence electrons. The number of rotatable bonds is 17. The highest BCUT2D eigenvalue weighted by atomic mass is 28.4. The second-order valence-electron chi connectivity index (χ2n) is 13.1. The lowest BCUT2D eigenvalue weighted by atomic mass is 10.1. The van der Waals surface area contributed by atoms with Gasteiger partial charge in [0, 0.05) is 12.1 Å². The van der Waals surface area contributed by atoms with Gasteiger partial charge in [0.15, 0.2) is 14.9 Å². The molecule has 0 aliphatic carbocycles. The number of hydrogen-bond acceptors (Lipinski definition) is 5. The summed E-state index contributed by atoms with van der Waals surface area (Å²) in [5, 5.41) is 6.32. The Kier molecular flexibility index (Phi) is 12.3. The van der Waals surface area contributed by atoms with Gasteiger partial charge in [0.25, 0.3) is 0 Å². The Morgan fingerprint density at radius 2 is 1.51 bits per heavy atom. The van der Waals surface area contributed by atoms with E-state index in [0.717, 1.165) is 16.7 Å². The van der Waals surface area contributed by atoms with Crippen molar-refractivity contribution >= 4 is 20.4 Å². The monoisotopic (exact) mass is 660 g/mol. The van der Waals surface area contributed by atoms with Crippen molar-refractivity contribution in [3.8, 4) is 11.5 Å². The average Bonchev–Trinajstić information content (AvgIpc) is 3.05. The van der Waals surface area contributed by atoms with E-state index in [1.54, 1.807) is 30.3 Å². The maximum atomic E-state index is 14.6. The molecule has 47 heavy (non-hydrogen) atoms. The number of alkyl halides is 2. The van der Waals surface area contributed by atoms with E-state index in [1.165, 1.54) is 12.1 Å². The molecule has 0 bridgehead atoms. The Labute approximate surface area is 278 Å². The van der Waals surface area contributed by atoms with Crippen molar-refractivity contribution in [2.75, 3.05) is 25.0 Å². The second kappa shape index (κ2) is 16.2. The topological polar surface area (TPSA) is 68.8 Å². The third-order valence-electron chi connectivity index (χ3n) is 8.50. The summed E-state index contributed by atoms with van der Waals surface area (Å²) in [5.74, 6) is -2.11. The number of anilines is 1. The lowest BCUT2D eigenvalue weighted by Gasteiger charge is -2.39. The van der Waals surface area contributed by atoms with Gasteiger partial charge in [0.2, 0.25) is 6.41 Å². The van der Waals surface area contributed by atoms with Gasteiger partial charge in [-0.15, -0.1) is 0 Å². The van der Waals surface area contributed by atoms with Crippen LogP contribution in [0.25, 0.3) is 0 Å². The van der Waals surface area contributed by atoms with Gasteiger partial charge < -0.3 is 24.5 Å². The number of carbonyl (C=O) groups is 1. The molecule has 6 nitrogen and oxygen atoms in total. The van der Waals surface area contributed by atoms with E-state index in [4.69, 9.17) is 13.9 Å². The minimum absolute atomic E-state index is 0.00832. The summed E-state index contributed by atoms with van der Waals surface area (Å²) in [4.78, 5) is 11.5. The molecule has 4 rings (SSSR count). The smallest absolute Gasteiger partial charge is 0.306 e. The van der Waals surface area contributed by atoms with E-state index >= 15 is 0 Å². The molecule has 0 aliphatic rings. The highest BCUT2D eigenvalue weighted by Crippen LogP contribution is 2.40. The molecule has 0 aromatic heterocycles. The van der Waals surface area contributed by atoms with Crippen molar-refractivity contribution < 1.29 is 27.5 Å². The van der Waals surface area contributed by atoms with E-state index < -0.39 is 20.8 Å². The second-order valence-corrected chi connectivity index (χ2v) is 17.9. The Bertz CT molecular complexity index is 1560. The van der Waals surface area contributed by atoms with Crippen molar-refractivity contribution in [3.63, 3.8) is 0 Å². The SMILES string of the molecule is CC(C)(C)[Si](C)(C)O[C@H](CNCCc1cccc(OCC(F)(F)c2ccccc2)c1)c1ccc(OCc2ccccc2)c(NC=O)c1. The fourth-order valence-corrected chi connectivity index (χ4v) is 6.03. The van der Waals surface area contributed by atoms with Gasteiger partial charge in [-0.2, -0.15) is 8.78 Å². The normalized spacial score (nSPS) is 12.7. The first-order chi connectivity index (χ1) is 22.4. The van der Waals surface area contributed by atoms with Crippen LogP contribution in [0.4, 0.5) is 14.5 Å². The van der Waals surface area contributed by atoms with Gasteiger partial charge in [0.1, 0.15) is 18.1 Å². The number of ether oxygens (including phenoxy) is 2. The molecule has 4 aromatic carbocycles. The molecule has 9 heteroatoms. The first kappa shape index (κ1) is 35.8. The van der Waals surface area contributed by atoms with E-state index in [2.05, 4.69) is 44.5 Å². The van der Waals surface area contributed by atoms with Gasteiger partial charge in [-0.05, 0) is 72.1 Å². The van der Waals surface area contributed by atoms with Crippen LogP contribution in [0, 0.1) is 0 Å². The van der Waals surface area contributed by atoms with Crippen LogP contribution >= 0.6 is 0 Å². The van der Waals surface area contributed by atoms with Crippen LogP contribution in [0.1, 0.15) is 49.1 Å². The molecule has 0 spiro atoms. The number of nitrogens with one attached hydrogen (secondary N) is 2. The first-order valence-electron chi connectivity index (χ1n) is 15.9. The van der Waals surface area contributed by atoms with Crippen LogP contribution in [0.3, 0.4) is 0 Å². The van der Waals surface area contributed by atoms with Crippen molar-refractivity contribution in [2.45, 2.75) is 64.0 Å². The predicted octanol–water partition coefficient (Wildman–Crippen LogP) is 8.90. The summed E-state index contributed by atoms with van der Waals surface area (Å²) in [6.45, 7) is 11.9. The zero-order valence-electron chi connectivity index (χ0n) is 27.9. The van der Waals surface area contributed by atoms with E-state index in [-0.39, 0.29) is 16.7 Å². The Balaban J connectivity index is 1.42. The predicted molar refractivity (Wildman–Crippen MR) is 187 cm³/mol. The summed E-state index contributed by atoms with van der Waals surface area (Å²) < 4.78 is 47.7. The highest BCUT2D eigenvalue weighted by Gasteiger charge is 2.39. The fourth-order valence-electron chi connectivity index (χ4n) is 4.74. The van der Waals surface area contributed by atoms with Crippen LogP contribution in [-0.2, 0) is 28.2 Å². The molecule has 0 unspecified atom stereocenters. The minimum Gasteiger partial charge on any atom is -0.487 e. The molecule has 1 amide bonds. The van der Waals surface area contributed by atoms with Crippen molar-refractivity contribution in [3.05, 3.63) is 125 Å². The minimum atomic E-state index is -3.09. The van der Waals surface area contributed by atoms with Crippen LogP contribution in [0.5, 0.6) is 11.5 Å². The lowest BCUT2D eigenvalue weighted by molar-refractivity contribution is -0.105. The third kappa shape index (κ3) is 10.5. The Hall–Kier alpha value is -4.05. The summed E-state index contributed by atoms with van der Waals surface area (Å²) in [6, 6.07) is 30.6. The molecular formula is C38H46F2N2O4Si. The van der Waals surface area contributed by atoms with Crippen LogP contribution in [0.2, 0.25) is 18.1 Å². The van der Waals surface area contributed by atoms with Crippen molar-refractivity contribution in [2.24, 2.45) is 0 Å². The highest BCUT2D eigenvalue weighted by molar-refractivity contribution is 6.74. The quantitative estimate of drug-likeness (QED) is 0.0673. The van der Waals surface area contributed by atoms with E-state index in [9.17, 15) is 13.6 Å². The Morgan fingerprint density at radius 1 is 0.830 bits per heavy atom. The maximum Gasteiger partial charge on any atom is 0.306 e. The number of carbonyl (C=O) groups excluding carboxylic acids is 1. The van der Waals surface area contributed by atoms with Crippen LogP contribution < -0.4 is 20.1 Å². The third-order valence-corrected chi connectivity index (χ3v) is 13.0. The molecule has 0 saturated carbocycles. The zero-order chi connectivity index (χ0) is 33.9. The molecular weight excluding hydrogens is 615 g/mol. The number of hydrogen-bond donors (Lipinski definition) is 2.